The first-order valence-electron chi connectivity index (χ1n) is 6.87. The summed E-state index contributed by atoms with van der Waals surface area (Å²) in [5, 5.41) is 4.48. The molecule has 0 radical (unpaired) electrons. The van der Waals surface area contributed by atoms with E-state index in [1.165, 1.54) is 14.7 Å². The predicted molar refractivity (Wildman–Crippen MR) is 95.2 cm³/mol. The van der Waals surface area contributed by atoms with Crippen molar-refractivity contribution in [2.24, 2.45) is 0 Å². The van der Waals surface area contributed by atoms with Gasteiger partial charge in [0.25, 0.3) is 0 Å². The predicted octanol–water partition coefficient (Wildman–Crippen LogP) is 5.75. The SMILES string of the molecule is CCC(NC(C)c1ccc(I)cc1)c1ccc(Cl)cc1. The average molecular weight is 400 g/mol. The Bertz CT molecular complexity index is 536. The van der Waals surface area contributed by atoms with Gasteiger partial charge >= 0.3 is 0 Å². The third kappa shape index (κ3) is 4.21. The van der Waals surface area contributed by atoms with Gasteiger partial charge in [0.05, 0.1) is 0 Å². The Hall–Kier alpha value is -0.580. The number of hydrogen-bond donors (Lipinski definition) is 1. The van der Waals surface area contributed by atoms with E-state index in [0.717, 1.165) is 11.4 Å². The summed E-state index contributed by atoms with van der Waals surface area (Å²) >= 11 is 8.29. The number of benzene rings is 2. The molecule has 106 valence electrons. The van der Waals surface area contributed by atoms with Crippen molar-refractivity contribution in [2.45, 2.75) is 32.4 Å². The third-order valence-corrected chi connectivity index (χ3v) is 4.47. The fourth-order valence-corrected chi connectivity index (χ4v) is 2.78. The second kappa shape index (κ2) is 7.43. The molecule has 1 N–H and O–H groups in total. The summed E-state index contributed by atoms with van der Waals surface area (Å²) in [6.45, 7) is 4.41. The number of nitrogens with one attached hydrogen (secondary N) is 1. The molecule has 2 aromatic carbocycles. The highest BCUT2D eigenvalue weighted by Gasteiger charge is 2.13. The van der Waals surface area contributed by atoms with Gasteiger partial charge in [-0.05, 0) is 71.3 Å². The molecule has 2 aromatic rings. The number of rotatable bonds is 5. The molecule has 1 nitrogen and oxygen atoms in total. The zero-order valence-electron chi connectivity index (χ0n) is 11.7. The van der Waals surface area contributed by atoms with Crippen LogP contribution in [0.25, 0.3) is 0 Å². The summed E-state index contributed by atoms with van der Waals surface area (Å²) in [7, 11) is 0. The monoisotopic (exact) mass is 399 g/mol. The molecule has 0 saturated carbocycles. The Balaban J connectivity index is 2.09. The topological polar surface area (TPSA) is 12.0 Å². The van der Waals surface area contributed by atoms with E-state index in [-0.39, 0.29) is 0 Å². The van der Waals surface area contributed by atoms with Gasteiger partial charge in [0, 0.05) is 20.7 Å². The Morgan fingerprint density at radius 2 is 1.55 bits per heavy atom. The molecule has 0 aliphatic carbocycles. The van der Waals surface area contributed by atoms with E-state index in [9.17, 15) is 0 Å². The van der Waals surface area contributed by atoms with Crippen LogP contribution in [0.1, 0.15) is 43.5 Å². The van der Waals surface area contributed by atoms with Gasteiger partial charge in [0.2, 0.25) is 0 Å². The first kappa shape index (κ1) is 15.8. The normalized spacial score (nSPS) is 14.0. The Kier molecular flexibility index (Phi) is 5.87. The van der Waals surface area contributed by atoms with E-state index >= 15 is 0 Å². The number of hydrogen-bond acceptors (Lipinski definition) is 1. The lowest BCUT2D eigenvalue weighted by atomic mass is 10.0. The summed E-state index contributed by atoms with van der Waals surface area (Å²) in [5.74, 6) is 0. The van der Waals surface area contributed by atoms with Crippen LogP contribution < -0.4 is 5.32 Å². The molecule has 2 rings (SSSR count). The van der Waals surface area contributed by atoms with Crippen LogP contribution in [-0.2, 0) is 0 Å². The van der Waals surface area contributed by atoms with Crippen molar-refractivity contribution >= 4 is 34.2 Å². The summed E-state index contributed by atoms with van der Waals surface area (Å²) in [6, 6.07) is 17.5. The maximum absolute atomic E-state index is 5.95. The minimum atomic E-state index is 0.327. The second-order valence-corrected chi connectivity index (χ2v) is 6.63. The van der Waals surface area contributed by atoms with Crippen LogP contribution >= 0.6 is 34.2 Å². The first-order chi connectivity index (χ1) is 9.60. The second-order valence-electron chi connectivity index (χ2n) is 4.95. The highest BCUT2D eigenvalue weighted by Crippen LogP contribution is 2.23. The molecule has 0 aliphatic rings. The number of halogens is 2. The van der Waals surface area contributed by atoms with Crippen LogP contribution in [-0.4, -0.2) is 0 Å². The van der Waals surface area contributed by atoms with Crippen LogP contribution in [0, 0.1) is 3.57 Å². The van der Waals surface area contributed by atoms with Gasteiger partial charge in [-0.25, -0.2) is 0 Å². The van der Waals surface area contributed by atoms with Crippen molar-refractivity contribution in [1.29, 1.82) is 0 Å². The van der Waals surface area contributed by atoms with Gasteiger partial charge < -0.3 is 5.32 Å². The standard InChI is InChI=1S/C17H19ClIN/c1-3-17(14-4-8-15(18)9-5-14)20-12(2)13-6-10-16(19)11-7-13/h4-12,17,20H,3H2,1-2H3. The van der Waals surface area contributed by atoms with Crippen LogP contribution in [0.5, 0.6) is 0 Å². The van der Waals surface area contributed by atoms with Gasteiger partial charge in [-0.15, -0.1) is 0 Å². The summed E-state index contributed by atoms with van der Waals surface area (Å²) in [4.78, 5) is 0. The van der Waals surface area contributed by atoms with E-state index in [1.54, 1.807) is 0 Å². The molecule has 2 unspecified atom stereocenters. The molecule has 0 amide bonds. The molecule has 0 heterocycles. The molecular formula is C17H19ClIN. The maximum Gasteiger partial charge on any atom is 0.0406 e. The molecule has 3 heteroatoms. The van der Waals surface area contributed by atoms with Gasteiger partial charge in [-0.1, -0.05) is 42.8 Å². The van der Waals surface area contributed by atoms with Crippen LogP contribution in [0.15, 0.2) is 48.5 Å². The fraction of sp³-hybridized carbons (Fsp3) is 0.294. The van der Waals surface area contributed by atoms with Gasteiger partial charge in [-0.2, -0.15) is 0 Å². The van der Waals surface area contributed by atoms with Crippen molar-refractivity contribution in [3.63, 3.8) is 0 Å². The van der Waals surface area contributed by atoms with Gasteiger partial charge in [0.1, 0.15) is 0 Å². The summed E-state index contributed by atoms with van der Waals surface area (Å²) in [6.07, 6.45) is 1.05. The van der Waals surface area contributed by atoms with Crippen molar-refractivity contribution < 1.29 is 0 Å². The zero-order chi connectivity index (χ0) is 14.5. The molecule has 0 saturated heterocycles. The molecule has 0 fully saturated rings. The maximum atomic E-state index is 5.95. The van der Waals surface area contributed by atoms with Crippen LogP contribution in [0.3, 0.4) is 0 Å². The molecule has 0 bridgehead atoms. The van der Waals surface area contributed by atoms with E-state index < -0.39 is 0 Å². The molecule has 2 atom stereocenters. The lowest BCUT2D eigenvalue weighted by Crippen LogP contribution is -2.24. The van der Waals surface area contributed by atoms with Crippen molar-refractivity contribution in [1.82, 2.24) is 5.32 Å². The molecule has 20 heavy (non-hydrogen) atoms. The Morgan fingerprint density at radius 3 is 2.10 bits per heavy atom. The highest BCUT2D eigenvalue weighted by molar-refractivity contribution is 14.1. The van der Waals surface area contributed by atoms with Crippen LogP contribution in [0.4, 0.5) is 0 Å². The lowest BCUT2D eigenvalue weighted by molar-refractivity contribution is 0.456. The first-order valence-corrected chi connectivity index (χ1v) is 8.32. The zero-order valence-corrected chi connectivity index (χ0v) is 14.6. The van der Waals surface area contributed by atoms with Gasteiger partial charge in [-0.3, -0.25) is 0 Å². The minimum Gasteiger partial charge on any atom is -0.303 e. The Morgan fingerprint density at radius 1 is 1.00 bits per heavy atom. The summed E-state index contributed by atoms with van der Waals surface area (Å²) < 4.78 is 1.27. The van der Waals surface area contributed by atoms with E-state index in [2.05, 4.69) is 78.2 Å². The largest absolute Gasteiger partial charge is 0.303 e. The lowest BCUT2D eigenvalue weighted by Gasteiger charge is -2.23. The van der Waals surface area contributed by atoms with Crippen molar-refractivity contribution in [3.05, 3.63) is 68.3 Å². The molecule has 0 aliphatic heterocycles. The molecule has 0 spiro atoms. The minimum absolute atomic E-state index is 0.327. The van der Waals surface area contributed by atoms with Gasteiger partial charge in [0.15, 0.2) is 0 Å². The average Bonchev–Trinajstić information content (AvgIpc) is 2.46. The van der Waals surface area contributed by atoms with E-state index in [1.807, 2.05) is 12.1 Å². The van der Waals surface area contributed by atoms with Crippen LogP contribution in [0.2, 0.25) is 5.02 Å². The Labute approximate surface area is 139 Å². The van der Waals surface area contributed by atoms with E-state index in [0.29, 0.717) is 12.1 Å². The smallest absolute Gasteiger partial charge is 0.0406 e. The molecular weight excluding hydrogens is 381 g/mol. The van der Waals surface area contributed by atoms with E-state index in [4.69, 9.17) is 11.6 Å². The quantitative estimate of drug-likeness (QED) is 0.632. The van der Waals surface area contributed by atoms with Crippen molar-refractivity contribution in [3.8, 4) is 0 Å². The summed E-state index contributed by atoms with van der Waals surface area (Å²) in [5.41, 5.74) is 2.60. The van der Waals surface area contributed by atoms with Crippen molar-refractivity contribution in [2.75, 3.05) is 0 Å². The fourth-order valence-electron chi connectivity index (χ4n) is 2.29. The molecule has 0 aromatic heterocycles. The highest BCUT2D eigenvalue weighted by atomic mass is 127. The third-order valence-electron chi connectivity index (χ3n) is 3.50.